The van der Waals surface area contributed by atoms with Crippen molar-refractivity contribution in [3.63, 3.8) is 0 Å². The summed E-state index contributed by atoms with van der Waals surface area (Å²) in [6.07, 6.45) is 17.8. The first-order valence-electron chi connectivity index (χ1n) is 7.86. The van der Waals surface area contributed by atoms with Gasteiger partial charge >= 0.3 is 0 Å². The molecule has 1 rings (SSSR count). The summed E-state index contributed by atoms with van der Waals surface area (Å²) in [4.78, 5) is 0. The molecule has 0 N–H and O–H groups in total. The Morgan fingerprint density at radius 2 is 1.62 bits per heavy atom. The van der Waals surface area contributed by atoms with Gasteiger partial charge in [-0.05, 0) is 11.8 Å². The Balaban J connectivity index is 1.95. The van der Waals surface area contributed by atoms with Crippen molar-refractivity contribution >= 4 is 0 Å². The van der Waals surface area contributed by atoms with Gasteiger partial charge in [0.15, 0.2) is 0 Å². The standard InChI is InChI=1S/C16H32/c1-3-5-10-15(4-2)11-6-7-12-16-13-8-9-14-16/h15-16H,3-14H2,1-2H3. The lowest BCUT2D eigenvalue weighted by atomic mass is 9.91. The van der Waals surface area contributed by atoms with Gasteiger partial charge in [0.05, 0.1) is 0 Å². The molecule has 0 heteroatoms. The lowest BCUT2D eigenvalue weighted by Gasteiger charge is -2.15. The minimum Gasteiger partial charge on any atom is -0.0654 e. The van der Waals surface area contributed by atoms with Gasteiger partial charge in [-0.3, -0.25) is 0 Å². The molecular formula is C16H32. The van der Waals surface area contributed by atoms with Gasteiger partial charge in [-0.2, -0.15) is 0 Å². The quantitative estimate of drug-likeness (QED) is 0.424. The van der Waals surface area contributed by atoms with Crippen molar-refractivity contribution in [2.75, 3.05) is 0 Å². The highest BCUT2D eigenvalue weighted by Gasteiger charge is 2.14. The topological polar surface area (TPSA) is 0 Å². The van der Waals surface area contributed by atoms with Crippen molar-refractivity contribution in [1.82, 2.24) is 0 Å². The fourth-order valence-corrected chi connectivity index (χ4v) is 3.21. The Morgan fingerprint density at radius 3 is 2.25 bits per heavy atom. The maximum atomic E-state index is 2.37. The molecule has 0 spiro atoms. The van der Waals surface area contributed by atoms with Crippen LogP contribution < -0.4 is 0 Å². The van der Waals surface area contributed by atoms with Gasteiger partial charge in [0.2, 0.25) is 0 Å². The Bertz CT molecular complexity index is 144. The van der Waals surface area contributed by atoms with Gasteiger partial charge in [0.25, 0.3) is 0 Å². The maximum Gasteiger partial charge on any atom is -0.0414 e. The Kier molecular flexibility index (Phi) is 7.98. The second-order valence-corrected chi connectivity index (χ2v) is 5.85. The third-order valence-electron chi connectivity index (χ3n) is 4.49. The molecule has 0 aromatic rings. The second kappa shape index (κ2) is 9.07. The molecule has 1 aliphatic rings. The van der Waals surface area contributed by atoms with E-state index in [-0.39, 0.29) is 0 Å². The van der Waals surface area contributed by atoms with Gasteiger partial charge in [0.1, 0.15) is 0 Å². The highest BCUT2D eigenvalue weighted by molar-refractivity contribution is 4.67. The van der Waals surface area contributed by atoms with Crippen LogP contribution in [0.2, 0.25) is 0 Å². The van der Waals surface area contributed by atoms with Crippen LogP contribution in [0.25, 0.3) is 0 Å². The fourth-order valence-electron chi connectivity index (χ4n) is 3.21. The maximum absolute atomic E-state index is 2.37. The van der Waals surface area contributed by atoms with Crippen LogP contribution in [0.4, 0.5) is 0 Å². The van der Waals surface area contributed by atoms with Gasteiger partial charge < -0.3 is 0 Å². The van der Waals surface area contributed by atoms with Crippen molar-refractivity contribution < 1.29 is 0 Å². The zero-order valence-electron chi connectivity index (χ0n) is 11.6. The van der Waals surface area contributed by atoms with Crippen LogP contribution in [0.5, 0.6) is 0 Å². The summed E-state index contributed by atoms with van der Waals surface area (Å²) in [6.45, 7) is 4.68. The van der Waals surface area contributed by atoms with E-state index in [2.05, 4.69) is 13.8 Å². The summed E-state index contributed by atoms with van der Waals surface area (Å²) >= 11 is 0. The van der Waals surface area contributed by atoms with E-state index in [4.69, 9.17) is 0 Å². The van der Waals surface area contributed by atoms with Crippen molar-refractivity contribution in [3.05, 3.63) is 0 Å². The number of hydrogen-bond donors (Lipinski definition) is 0. The van der Waals surface area contributed by atoms with Gasteiger partial charge in [-0.1, -0.05) is 90.9 Å². The van der Waals surface area contributed by atoms with Crippen molar-refractivity contribution in [2.24, 2.45) is 11.8 Å². The molecule has 16 heavy (non-hydrogen) atoms. The molecule has 1 atom stereocenters. The first kappa shape index (κ1) is 14.1. The van der Waals surface area contributed by atoms with Crippen LogP contribution in [0.15, 0.2) is 0 Å². The van der Waals surface area contributed by atoms with Crippen LogP contribution in [0, 0.1) is 11.8 Å². The highest BCUT2D eigenvalue weighted by Crippen LogP contribution is 2.30. The molecule has 0 bridgehead atoms. The molecule has 1 unspecified atom stereocenters. The molecule has 0 saturated heterocycles. The van der Waals surface area contributed by atoms with Crippen molar-refractivity contribution in [3.8, 4) is 0 Å². The lowest BCUT2D eigenvalue weighted by molar-refractivity contribution is 0.386. The Hall–Kier alpha value is 0. The summed E-state index contributed by atoms with van der Waals surface area (Å²) < 4.78 is 0. The largest absolute Gasteiger partial charge is 0.0654 e. The minimum atomic E-state index is 1.03. The lowest BCUT2D eigenvalue weighted by Crippen LogP contribution is -2.00. The summed E-state index contributed by atoms with van der Waals surface area (Å²) in [5, 5.41) is 0. The van der Waals surface area contributed by atoms with Crippen LogP contribution in [-0.4, -0.2) is 0 Å². The Labute approximate surface area is 103 Å². The van der Waals surface area contributed by atoms with E-state index >= 15 is 0 Å². The van der Waals surface area contributed by atoms with Crippen LogP contribution in [-0.2, 0) is 0 Å². The van der Waals surface area contributed by atoms with E-state index < -0.39 is 0 Å². The Morgan fingerprint density at radius 1 is 0.938 bits per heavy atom. The third-order valence-corrected chi connectivity index (χ3v) is 4.49. The second-order valence-electron chi connectivity index (χ2n) is 5.85. The average molecular weight is 224 g/mol. The molecular weight excluding hydrogens is 192 g/mol. The molecule has 1 fully saturated rings. The summed E-state index contributed by atoms with van der Waals surface area (Å²) in [6, 6.07) is 0. The summed E-state index contributed by atoms with van der Waals surface area (Å²) in [7, 11) is 0. The van der Waals surface area contributed by atoms with Gasteiger partial charge in [-0.15, -0.1) is 0 Å². The van der Waals surface area contributed by atoms with Crippen molar-refractivity contribution in [1.29, 1.82) is 0 Å². The molecule has 0 amide bonds. The zero-order chi connectivity index (χ0) is 11.6. The first-order chi connectivity index (χ1) is 7.86. The molecule has 0 aromatic carbocycles. The first-order valence-corrected chi connectivity index (χ1v) is 7.86. The highest BCUT2D eigenvalue weighted by atomic mass is 14.2. The molecule has 0 nitrogen and oxygen atoms in total. The monoisotopic (exact) mass is 224 g/mol. The molecule has 1 saturated carbocycles. The smallest absolute Gasteiger partial charge is 0.0414 e. The third kappa shape index (κ3) is 5.92. The predicted octanol–water partition coefficient (Wildman–Crippen LogP) is 5.95. The predicted molar refractivity (Wildman–Crippen MR) is 73.7 cm³/mol. The van der Waals surface area contributed by atoms with Gasteiger partial charge in [0, 0.05) is 0 Å². The molecule has 96 valence electrons. The SMILES string of the molecule is CCCCC(CC)CCCCC1CCCC1. The van der Waals surface area contributed by atoms with Crippen LogP contribution >= 0.6 is 0 Å². The molecule has 0 aromatic heterocycles. The van der Waals surface area contributed by atoms with Crippen molar-refractivity contribution in [2.45, 2.75) is 90.9 Å². The minimum absolute atomic E-state index is 1.03. The number of unbranched alkanes of at least 4 members (excludes halogenated alkanes) is 2. The van der Waals surface area contributed by atoms with Crippen LogP contribution in [0.1, 0.15) is 90.9 Å². The summed E-state index contributed by atoms with van der Waals surface area (Å²) in [5.41, 5.74) is 0. The van der Waals surface area contributed by atoms with E-state index in [1.165, 1.54) is 77.0 Å². The molecule has 0 heterocycles. The fraction of sp³-hybridized carbons (Fsp3) is 1.00. The van der Waals surface area contributed by atoms with Gasteiger partial charge in [-0.25, -0.2) is 0 Å². The molecule has 1 aliphatic carbocycles. The summed E-state index contributed by atoms with van der Waals surface area (Å²) in [5.74, 6) is 2.14. The average Bonchev–Trinajstić information content (AvgIpc) is 2.81. The molecule has 0 radical (unpaired) electrons. The number of hydrogen-bond acceptors (Lipinski definition) is 0. The van der Waals surface area contributed by atoms with E-state index in [9.17, 15) is 0 Å². The van der Waals surface area contributed by atoms with Crippen LogP contribution in [0.3, 0.4) is 0 Å². The zero-order valence-corrected chi connectivity index (χ0v) is 11.6. The molecule has 0 aliphatic heterocycles. The van der Waals surface area contributed by atoms with E-state index in [0.717, 1.165) is 11.8 Å². The van der Waals surface area contributed by atoms with E-state index in [1.54, 1.807) is 0 Å². The normalized spacial score (nSPS) is 19.1. The van der Waals surface area contributed by atoms with E-state index in [1.807, 2.05) is 0 Å². The number of rotatable bonds is 9. The van der Waals surface area contributed by atoms with E-state index in [0.29, 0.717) is 0 Å².